The van der Waals surface area contributed by atoms with E-state index in [-0.39, 0.29) is 23.8 Å². The lowest BCUT2D eigenvalue weighted by atomic mass is 9.74. The van der Waals surface area contributed by atoms with Crippen molar-refractivity contribution >= 4 is 17.8 Å². The summed E-state index contributed by atoms with van der Waals surface area (Å²) >= 11 is 0. The summed E-state index contributed by atoms with van der Waals surface area (Å²) in [6.07, 6.45) is 6.48. The molecule has 0 aliphatic carbocycles. The molecular weight excluding hydrogens is 408 g/mol. The number of furan rings is 1. The van der Waals surface area contributed by atoms with Crippen molar-refractivity contribution in [2.75, 3.05) is 19.6 Å². The number of imide groups is 1. The van der Waals surface area contributed by atoms with Crippen molar-refractivity contribution in [3.8, 4) is 0 Å². The molecule has 0 aromatic carbocycles. The first-order valence-electron chi connectivity index (χ1n) is 11.3. The van der Waals surface area contributed by atoms with Crippen LogP contribution in [0.5, 0.6) is 0 Å². The number of amides is 4. The van der Waals surface area contributed by atoms with Crippen LogP contribution in [-0.4, -0.2) is 57.8 Å². The lowest BCUT2D eigenvalue weighted by molar-refractivity contribution is -0.134. The number of rotatable bonds is 7. The van der Waals surface area contributed by atoms with Crippen molar-refractivity contribution < 1.29 is 18.8 Å². The summed E-state index contributed by atoms with van der Waals surface area (Å²) in [5.74, 6) is 0.420. The molecule has 2 fully saturated rings. The highest BCUT2D eigenvalue weighted by molar-refractivity contribution is 6.07. The second-order valence-corrected chi connectivity index (χ2v) is 8.64. The second-order valence-electron chi connectivity index (χ2n) is 8.64. The van der Waals surface area contributed by atoms with Gasteiger partial charge in [-0.15, -0.1) is 0 Å². The Hall–Kier alpha value is -3.16. The Kier molecular flexibility index (Phi) is 6.30. The zero-order valence-corrected chi connectivity index (χ0v) is 18.7. The Morgan fingerprint density at radius 1 is 1.25 bits per heavy atom. The van der Waals surface area contributed by atoms with E-state index in [1.54, 1.807) is 19.2 Å². The molecule has 0 spiro atoms. The van der Waals surface area contributed by atoms with Gasteiger partial charge in [-0.3, -0.25) is 19.5 Å². The third-order valence-corrected chi connectivity index (χ3v) is 6.73. The van der Waals surface area contributed by atoms with Gasteiger partial charge in [-0.25, -0.2) is 4.79 Å². The van der Waals surface area contributed by atoms with Crippen LogP contribution < -0.4 is 5.32 Å². The molecule has 2 aromatic heterocycles. The SMILES string of the molecule is CCCC1(C2CCN(C(=O)c3ccoc3C)CC2)NC(=O)N(CCc2ccccn2)C1=O. The minimum Gasteiger partial charge on any atom is -0.469 e. The van der Waals surface area contributed by atoms with Crippen molar-refractivity contribution in [2.24, 2.45) is 5.92 Å². The van der Waals surface area contributed by atoms with E-state index in [2.05, 4.69) is 10.3 Å². The van der Waals surface area contributed by atoms with E-state index in [0.717, 1.165) is 12.1 Å². The number of aryl methyl sites for hydroxylation is 1. The summed E-state index contributed by atoms with van der Waals surface area (Å²) < 4.78 is 5.27. The number of hydrogen-bond donors (Lipinski definition) is 1. The summed E-state index contributed by atoms with van der Waals surface area (Å²) in [5.41, 5.74) is 0.538. The Morgan fingerprint density at radius 2 is 2.03 bits per heavy atom. The van der Waals surface area contributed by atoms with Crippen molar-refractivity contribution in [1.82, 2.24) is 20.1 Å². The van der Waals surface area contributed by atoms with E-state index in [1.807, 2.05) is 30.0 Å². The number of pyridine rings is 1. The van der Waals surface area contributed by atoms with Gasteiger partial charge in [0.15, 0.2) is 0 Å². The van der Waals surface area contributed by atoms with Crippen molar-refractivity contribution in [2.45, 2.75) is 51.5 Å². The molecule has 1 atom stereocenters. The lowest BCUT2D eigenvalue weighted by Gasteiger charge is -2.40. The number of piperidine rings is 1. The van der Waals surface area contributed by atoms with Crippen LogP contribution in [0.2, 0.25) is 0 Å². The van der Waals surface area contributed by atoms with E-state index >= 15 is 0 Å². The number of carbonyl (C=O) groups excluding carboxylic acids is 3. The summed E-state index contributed by atoms with van der Waals surface area (Å²) in [5, 5.41) is 3.05. The Labute approximate surface area is 188 Å². The van der Waals surface area contributed by atoms with Crippen LogP contribution >= 0.6 is 0 Å². The normalized spacial score (nSPS) is 21.8. The molecule has 2 aliphatic heterocycles. The van der Waals surface area contributed by atoms with Gasteiger partial charge in [0, 0.05) is 37.9 Å². The van der Waals surface area contributed by atoms with Crippen LogP contribution in [-0.2, 0) is 11.2 Å². The molecule has 4 heterocycles. The van der Waals surface area contributed by atoms with Gasteiger partial charge in [-0.2, -0.15) is 0 Å². The highest BCUT2D eigenvalue weighted by atomic mass is 16.3. The third-order valence-electron chi connectivity index (χ3n) is 6.73. The first kappa shape index (κ1) is 22.0. The predicted octanol–water partition coefficient (Wildman–Crippen LogP) is 3.17. The van der Waals surface area contributed by atoms with Gasteiger partial charge in [0.1, 0.15) is 11.3 Å². The van der Waals surface area contributed by atoms with Gasteiger partial charge in [0.25, 0.3) is 11.8 Å². The molecule has 0 saturated carbocycles. The molecule has 1 N–H and O–H groups in total. The van der Waals surface area contributed by atoms with E-state index in [4.69, 9.17) is 4.42 Å². The van der Waals surface area contributed by atoms with Gasteiger partial charge in [-0.1, -0.05) is 19.4 Å². The largest absolute Gasteiger partial charge is 0.469 e. The third kappa shape index (κ3) is 4.01. The van der Waals surface area contributed by atoms with Crippen LogP contribution in [0.15, 0.2) is 41.1 Å². The Morgan fingerprint density at radius 3 is 2.66 bits per heavy atom. The molecule has 32 heavy (non-hydrogen) atoms. The highest BCUT2D eigenvalue weighted by Gasteiger charge is 2.55. The van der Waals surface area contributed by atoms with Crippen molar-refractivity contribution in [1.29, 1.82) is 0 Å². The summed E-state index contributed by atoms with van der Waals surface area (Å²) in [4.78, 5) is 46.6. The first-order chi connectivity index (χ1) is 15.5. The fraction of sp³-hybridized carbons (Fsp3) is 0.500. The molecule has 0 bridgehead atoms. The molecule has 8 heteroatoms. The molecule has 0 radical (unpaired) electrons. The highest BCUT2D eigenvalue weighted by Crippen LogP contribution is 2.37. The topological polar surface area (TPSA) is 95.8 Å². The zero-order chi connectivity index (χ0) is 22.7. The van der Waals surface area contributed by atoms with E-state index in [1.165, 1.54) is 11.2 Å². The molecule has 4 amide bonds. The van der Waals surface area contributed by atoms with Crippen LogP contribution in [0.25, 0.3) is 0 Å². The number of hydrogen-bond acceptors (Lipinski definition) is 5. The number of nitrogens with one attached hydrogen (secondary N) is 1. The van der Waals surface area contributed by atoms with Crippen LogP contribution in [0.3, 0.4) is 0 Å². The van der Waals surface area contributed by atoms with Crippen LogP contribution in [0.1, 0.15) is 54.4 Å². The van der Waals surface area contributed by atoms with Gasteiger partial charge >= 0.3 is 6.03 Å². The van der Waals surface area contributed by atoms with Crippen molar-refractivity contribution in [3.63, 3.8) is 0 Å². The fourth-order valence-corrected chi connectivity index (χ4v) is 5.02. The van der Waals surface area contributed by atoms with Gasteiger partial charge in [0.2, 0.25) is 0 Å². The number of likely N-dealkylation sites (tertiary alicyclic amines) is 1. The quantitative estimate of drug-likeness (QED) is 0.670. The number of aromatic nitrogens is 1. The maximum atomic E-state index is 13.5. The zero-order valence-electron chi connectivity index (χ0n) is 18.7. The molecular formula is C24H30N4O4. The second kappa shape index (κ2) is 9.14. The van der Waals surface area contributed by atoms with E-state index in [0.29, 0.717) is 56.6 Å². The maximum Gasteiger partial charge on any atom is 0.325 e. The van der Waals surface area contributed by atoms with E-state index in [9.17, 15) is 14.4 Å². The first-order valence-corrected chi connectivity index (χ1v) is 11.3. The Balaban J connectivity index is 1.44. The smallest absolute Gasteiger partial charge is 0.325 e. The Bertz CT molecular complexity index is 981. The fourth-order valence-electron chi connectivity index (χ4n) is 5.02. The van der Waals surface area contributed by atoms with Crippen molar-refractivity contribution in [3.05, 3.63) is 53.7 Å². The summed E-state index contributed by atoms with van der Waals surface area (Å²) in [6.45, 7) is 5.22. The molecule has 1 unspecified atom stereocenters. The van der Waals surface area contributed by atoms with Gasteiger partial charge < -0.3 is 14.6 Å². The van der Waals surface area contributed by atoms with Gasteiger partial charge in [-0.05, 0) is 50.3 Å². The monoisotopic (exact) mass is 438 g/mol. The van der Waals surface area contributed by atoms with Gasteiger partial charge in [0.05, 0.1) is 11.8 Å². The number of carbonyl (C=O) groups is 3. The average Bonchev–Trinajstić information content (AvgIpc) is 3.34. The number of nitrogens with zero attached hydrogens (tertiary/aromatic N) is 3. The summed E-state index contributed by atoms with van der Waals surface area (Å²) in [6, 6.07) is 7.01. The lowest BCUT2D eigenvalue weighted by Crippen LogP contribution is -2.56. The molecule has 8 nitrogen and oxygen atoms in total. The predicted molar refractivity (Wildman–Crippen MR) is 118 cm³/mol. The molecule has 2 aromatic rings. The molecule has 170 valence electrons. The van der Waals surface area contributed by atoms with E-state index < -0.39 is 5.54 Å². The van der Waals surface area contributed by atoms with Crippen LogP contribution in [0.4, 0.5) is 4.79 Å². The summed E-state index contributed by atoms with van der Waals surface area (Å²) in [7, 11) is 0. The minimum atomic E-state index is -0.892. The molecule has 4 rings (SSSR count). The molecule has 2 aliphatic rings. The van der Waals surface area contributed by atoms with Crippen LogP contribution in [0, 0.1) is 12.8 Å². The maximum absolute atomic E-state index is 13.5. The average molecular weight is 439 g/mol. The number of urea groups is 1. The minimum absolute atomic E-state index is 0.00625. The molecule has 2 saturated heterocycles. The standard InChI is InChI=1S/C24H30N4O4/c1-3-11-24(18-7-13-27(14-8-18)21(29)20-10-16-32-17(20)2)22(30)28(23(31)26-24)15-9-19-6-4-5-12-25-19/h4-6,10,12,16,18H,3,7-9,11,13-15H2,1-2H3,(H,26,31).